The molecular formula is C15H22O2. The van der Waals surface area contributed by atoms with Gasteiger partial charge in [0, 0.05) is 12.2 Å². The second-order valence-electron chi connectivity index (χ2n) is 4.15. The second-order valence-corrected chi connectivity index (χ2v) is 4.15. The van der Waals surface area contributed by atoms with E-state index in [0.29, 0.717) is 6.61 Å². The van der Waals surface area contributed by atoms with Crippen molar-refractivity contribution in [3.05, 3.63) is 35.4 Å². The van der Waals surface area contributed by atoms with Crippen molar-refractivity contribution < 1.29 is 9.53 Å². The van der Waals surface area contributed by atoms with Crippen molar-refractivity contribution in [1.29, 1.82) is 0 Å². The Balaban J connectivity index is 2.84. The summed E-state index contributed by atoms with van der Waals surface area (Å²) in [6.07, 6.45) is 2.43. The summed E-state index contributed by atoms with van der Waals surface area (Å²) < 4.78 is 5.52. The molecule has 0 bridgehead atoms. The van der Waals surface area contributed by atoms with Crippen LogP contribution >= 0.6 is 0 Å². The van der Waals surface area contributed by atoms with E-state index in [9.17, 15) is 4.79 Å². The highest BCUT2D eigenvalue weighted by atomic mass is 16.5. The highest BCUT2D eigenvalue weighted by molar-refractivity contribution is 5.99. The van der Waals surface area contributed by atoms with Crippen molar-refractivity contribution in [3.63, 3.8) is 0 Å². The molecule has 0 aliphatic carbocycles. The molecule has 1 atom stereocenters. The first-order valence-electron chi connectivity index (χ1n) is 6.47. The van der Waals surface area contributed by atoms with Gasteiger partial charge in [-0.2, -0.15) is 0 Å². The van der Waals surface area contributed by atoms with Crippen LogP contribution in [0.3, 0.4) is 0 Å². The summed E-state index contributed by atoms with van der Waals surface area (Å²) in [7, 11) is 0. The SMILES string of the molecule is CCCC(OCC)C(=O)c1cccc(CC)c1. The Morgan fingerprint density at radius 1 is 1.29 bits per heavy atom. The molecule has 1 aromatic carbocycles. The van der Waals surface area contributed by atoms with Gasteiger partial charge < -0.3 is 4.74 Å². The third-order valence-corrected chi connectivity index (χ3v) is 2.83. The third-order valence-electron chi connectivity index (χ3n) is 2.83. The minimum atomic E-state index is -0.280. The molecule has 0 aliphatic rings. The van der Waals surface area contributed by atoms with Gasteiger partial charge in [-0.15, -0.1) is 0 Å². The first-order valence-corrected chi connectivity index (χ1v) is 6.47. The van der Waals surface area contributed by atoms with Crippen molar-refractivity contribution in [2.75, 3.05) is 6.61 Å². The Bertz CT molecular complexity index is 352. The van der Waals surface area contributed by atoms with Gasteiger partial charge in [0.2, 0.25) is 0 Å². The van der Waals surface area contributed by atoms with E-state index in [-0.39, 0.29) is 11.9 Å². The molecule has 0 fully saturated rings. The minimum Gasteiger partial charge on any atom is -0.370 e. The molecule has 0 amide bonds. The first kappa shape index (κ1) is 13.9. The number of rotatable bonds is 7. The summed E-state index contributed by atoms with van der Waals surface area (Å²) in [6.45, 7) is 6.68. The Hall–Kier alpha value is -1.15. The van der Waals surface area contributed by atoms with Crippen LogP contribution in [0, 0.1) is 0 Å². The van der Waals surface area contributed by atoms with Crippen LogP contribution in [0.2, 0.25) is 0 Å². The standard InChI is InChI=1S/C15H22O2/c1-4-8-14(17-6-3)15(16)13-10-7-9-12(5-2)11-13/h7,9-11,14H,4-6,8H2,1-3H3. The highest BCUT2D eigenvalue weighted by Crippen LogP contribution is 2.13. The molecule has 0 aliphatic heterocycles. The van der Waals surface area contributed by atoms with Gasteiger partial charge in [0.05, 0.1) is 0 Å². The summed E-state index contributed by atoms with van der Waals surface area (Å²) in [4.78, 5) is 12.3. The van der Waals surface area contributed by atoms with Crippen LogP contribution in [0.25, 0.3) is 0 Å². The molecule has 0 N–H and O–H groups in total. The van der Waals surface area contributed by atoms with Gasteiger partial charge in [-0.25, -0.2) is 0 Å². The first-order chi connectivity index (χ1) is 8.22. The number of ether oxygens (including phenoxy) is 1. The maximum absolute atomic E-state index is 12.3. The summed E-state index contributed by atoms with van der Waals surface area (Å²) in [5, 5.41) is 0. The van der Waals surface area contributed by atoms with Gasteiger partial charge in [0.1, 0.15) is 6.10 Å². The molecule has 94 valence electrons. The molecule has 17 heavy (non-hydrogen) atoms. The topological polar surface area (TPSA) is 26.3 Å². The van der Waals surface area contributed by atoms with E-state index in [1.165, 1.54) is 5.56 Å². The molecule has 0 saturated heterocycles. The number of aryl methyl sites for hydroxylation is 1. The molecular weight excluding hydrogens is 212 g/mol. The molecule has 1 rings (SSSR count). The van der Waals surface area contributed by atoms with Crippen LogP contribution in [-0.2, 0) is 11.2 Å². The van der Waals surface area contributed by atoms with Crippen LogP contribution in [0.4, 0.5) is 0 Å². The molecule has 1 aromatic rings. The normalized spacial score (nSPS) is 12.4. The van der Waals surface area contributed by atoms with Crippen LogP contribution in [0.15, 0.2) is 24.3 Å². The van der Waals surface area contributed by atoms with E-state index in [1.807, 2.05) is 31.2 Å². The number of Topliss-reactive ketones (excluding diaryl/α,β-unsaturated/α-hetero) is 1. The van der Waals surface area contributed by atoms with Crippen molar-refractivity contribution in [2.45, 2.75) is 46.1 Å². The van der Waals surface area contributed by atoms with Crippen LogP contribution in [0.5, 0.6) is 0 Å². The zero-order valence-corrected chi connectivity index (χ0v) is 11.0. The van der Waals surface area contributed by atoms with Crippen molar-refractivity contribution in [1.82, 2.24) is 0 Å². The minimum absolute atomic E-state index is 0.115. The Kier molecular flexibility index (Phi) is 5.92. The lowest BCUT2D eigenvalue weighted by atomic mass is 10.00. The van der Waals surface area contributed by atoms with E-state index in [0.717, 1.165) is 24.8 Å². The Morgan fingerprint density at radius 3 is 2.65 bits per heavy atom. The maximum Gasteiger partial charge on any atom is 0.191 e. The molecule has 2 heteroatoms. The number of ketones is 1. The molecule has 0 spiro atoms. The average molecular weight is 234 g/mol. The number of carbonyl (C=O) groups is 1. The number of benzene rings is 1. The summed E-state index contributed by atoms with van der Waals surface area (Å²) in [6, 6.07) is 7.85. The summed E-state index contributed by atoms with van der Waals surface area (Å²) in [5.74, 6) is 0.115. The fourth-order valence-corrected chi connectivity index (χ4v) is 1.88. The van der Waals surface area contributed by atoms with Crippen LogP contribution in [-0.4, -0.2) is 18.5 Å². The molecule has 0 aromatic heterocycles. The van der Waals surface area contributed by atoms with E-state index >= 15 is 0 Å². The molecule has 0 heterocycles. The Morgan fingerprint density at radius 2 is 2.06 bits per heavy atom. The Labute approximate surface area is 104 Å². The predicted molar refractivity (Wildman–Crippen MR) is 70.5 cm³/mol. The lowest BCUT2D eigenvalue weighted by Crippen LogP contribution is -2.24. The van der Waals surface area contributed by atoms with Crippen LogP contribution in [0.1, 0.15) is 49.5 Å². The molecule has 0 saturated carbocycles. The van der Waals surface area contributed by atoms with E-state index in [2.05, 4.69) is 13.8 Å². The highest BCUT2D eigenvalue weighted by Gasteiger charge is 2.19. The van der Waals surface area contributed by atoms with Gasteiger partial charge in [-0.05, 0) is 31.4 Å². The molecule has 2 nitrogen and oxygen atoms in total. The fourth-order valence-electron chi connectivity index (χ4n) is 1.88. The lowest BCUT2D eigenvalue weighted by Gasteiger charge is -2.15. The molecule has 0 radical (unpaired) electrons. The second kappa shape index (κ2) is 7.23. The van der Waals surface area contributed by atoms with Crippen molar-refractivity contribution in [3.8, 4) is 0 Å². The summed E-state index contributed by atoms with van der Waals surface area (Å²) >= 11 is 0. The number of carbonyl (C=O) groups excluding carboxylic acids is 1. The quantitative estimate of drug-likeness (QED) is 0.673. The molecule has 1 unspecified atom stereocenters. The van der Waals surface area contributed by atoms with Gasteiger partial charge >= 0.3 is 0 Å². The zero-order valence-electron chi connectivity index (χ0n) is 11.0. The lowest BCUT2D eigenvalue weighted by molar-refractivity contribution is 0.0423. The van der Waals surface area contributed by atoms with Gasteiger partial charge in [0.25, 0.3) is 0 Å². The monoisotopic (exact) mass is 234 g/mol. The van der Waals surface area contributed by atoms with Gasteiger partial charge in [-0.1, -0.05) is 38.5 Å². The smallest absolute Gasteiger partial charge is 0.191 e. The van der Waals surface area contributed by atoms with Crippen molar-refractivity contribution in [2.24, 2.45) is 0 Å². The van der Waals surface area contributed by atoms with Crippen molar-refractivity contribution >= 4 is 5.78 Å². The van der Waals surface area contributed by atoms with E-state index < -0.39 is 0 Å². The van der Waals surface area contributed by atoms with Crippen LogP contribution < -0.4 is 0 Å². The average Bonchev–Trinajstić information content (AvgIpc) is 2.38. The zero-order chi connectivity index (χ0) is 12.7. The van der Waals surface area contributed by atoms with E-state index in [1.54, 1.807) is 0 Å². The number of hydrogen-bond acceptors (Lipinski definition) is 2. The number of hydrogen-bond donors (Lipinski definition) is 0. The van der Waals surface area contributed by atoms with Gasteiger partial charge in [0.15, 0.2) is 5.78 Å². The largest absolute Gasteiger partial charge is 0.370 e. The fraction of sp³-hybridized carbons (Fsp3) is 0.533. The summed E-state index contributed by atoms with van der Waals surface area (Å²) in [5.41, 5.74) is 1.97. The van der Waals surface area contributed by atoms with E-state index in [4.69, 9.17) is 4.74 Å². The third kappa shape index (κ3) is 3.97. The predicted octanol–water partition coefficient (Wildman–Crippen LogP) is 3.64. The van der Waals surface area contributed by atoms with Gasteiger partial charge in [-0.3, -0.25) is 4.79 Å². The maximum atomic E-state index is 12.3.